The molecule has 0 saturated heterocycles. The summed E-state index contributed by atoms with van der Waals surface area (Å²) in [4.78, 5) is 22.6. The molecule has 0 aliphatic heterocycles. The van der Waals surface area contributed by atoms with Crippen LogP contribution in [0.4, 0.5) is 13.2 Å². The lowest BCUT2D eigenvalue weighted by molar-refractivity contribution is -0.171. The number of ketones is 1. The van der Waals surface area contributed by atoms with Gasteiger partial charge in [0.25, 0.3) is 0 Å². The van der Waals surface area contributed by atoms with E-state index in [0.29, 0.717) is 43.1 Å². The van der Waals surface area contributed by atoms with Gasteiger partial charge in [-0.25, -0.2) is 0 Å². The van der Waals surface area contributed by atoms with E-state index >= 15 is 0 Å². The van der Waals surface area contributed by atoms with Crippen molar-refractivity contribution in [1.82, 2.24) is 0 Å². The molecule has 0 radical (unpaired) electrons. The average molecular weight is 603 g/mol. The van der Waals surface area contributed by atoms with Gasteiger partial charge >= 0.3 is 12.1 Å². The summed E-state index contributed by atoms with van der Waals surface area (Å²) < 4.78 is 53.4. The second kappa shape index (κ2) is 17.5. The number of carbonyl (C=O) groups is 2. The number of carbonyl (C=O) groups excluding carboxylic acids is 2. The number of methoxy groups -OCH3 is 1. The van der Waals surface area contributed by atoms with E-state index in [1.165, 1.54) is 18.2 Å². The number of rotatable bonds is 18. The highest BCUT2D eigenvalue weighted by molar-refractivity contribution is 7.99. The number of thioether (sulfide) groups is 1. The fourth-order valence-corrected chi connectivity index (χ4v) is 5.49. The number of benzene rings is 3. The maximum atomic E-state index is 12.3. The van der Waals surface area contributed by atoms with Crippen LogP contribution < -0.4 is 9.47 Å². The van der Waals surface area contributed by atoms with Gasteiger partial charge in [0.1, 0.15) is 11.5 Å². The van der Waals surface area contributed by atoms with Crippen molar-refractivity contribution >= 4 is 23.5 Å². The van der Waals surface area contributed by atoms with Gasteiger partial charge in [0.15, 0.2) is 0 Å². The maximum absolute atomic E-state index is 12.3. The fraction of sp³-hybridized carbons (Fsp3) is 0.394. The quantitative estimate of drug-likeness (QED) is 0.109. The van der Waals surface area contributed by atoms with Gasteiger partial charge in [-0.3, -0.25) is 9.59 Å². The molecule has 5 nitrogen and oxygen atoms in total. The Morgan fingerprint density at radius 2 is 1.36 bits per heavy atom. The zero-order valence-corrected chi connectivity index (χ0v) is 24.6. The second-order valence-corrected chi connectivity index (χ2v) is 11.1. The Labute approximate surface area is 249 Å². The van der Waals surface area contributed by atoms with Crippen LogP contribution in [0.25, 0.3) is 0 Å². The minimum absolute atomic E-state index is 0.0336. The summed E-state index contributed by atoms with van der Waals surface area (Å²) >= 11 is 1.77. The number of esters is 1. The highest BCUT2D eigenvalue weighted by Gasteiger charge is 2.37. The largest absolute Gasteiger partial charge is 0.493 e. The SMILES string of the molecule is COC(=O)CCSC(CCCc1ccccc1)c1ccc(OCCCOc2ccc(CCC(=O)C(F)(F)F)cc2)cc1. The minimum atomic E-state index is -4.79. The monoisotopic (exact) mass is 602 g/mol. The topological polar surface area (TPSA) is 61.8 Å². The summed E-state index contributed by atoms with van der Waals surface area (Å²) in [6, 6.07) is 25.2. The molecule has 3 aromatic rings. The molecule has 0 amide bonds. The zero-order chi connectivity index (χ0) is 30.2. The van der Waals surface area contributed by atoms with Gasteiger partial charge in [0.2, 0.25) is 5.78 Å². The van der Waals surface area contributed by atoms with Crippen LogP contribution >= 0.6 is 11.8 Å². The van der Waals surface area contributed by atoms with Crippen molar-refractivity contribution in [2.45, 2.75) is 56.4 Å². The van der Waals surface area contributed by atoms with Crippen molar-refractivity contribution in [2.75, 3.05) is 26.1 Å². The molecule has 0 aromatic heterocycles. The van der Waals surface area contributed by atoms with E-state index in [9.17, 15) is 22.8 Å². The summed E-state index contributed by atoms with van der Waals surface area (Å²) in [6.45, 7) is 0.885. The highest BCUT2D eigenvalue weighted by Crippen LogP contribution is 2.35. The van der Waals surface area contributed by atoms with Crippen molar-refractivity contribution in [1.29, 1.82) is 0 Å². The highest BCUT2D eigenvalue weighted by atomic mass is 32.2. The molecular weight excluding hydrogens is 565 g/mol. The number of alkyl halides is 3. The number of halogens is 3. The van der Waals surface area contributed by atoms with E-state index in [4.69, 9.17) is 14.2 Å². The van der Waals surface area contributed by atoms with Crippen LogP contribution in [0, 0.1) is 0 Å². The fourth-order valence-electron chi connectivity index (χ4n) is 4.24. The Bertz CT molecular complexity index is 1220. The molecule has 1 unspecified atom stereocenters. The van der Waals surface area contributed by atoms with Crippen LogP contribution in [-0.2, 0) is 27.2 Å². The van der Waals surface area contributed by atoms with E-state index in [1.807, 2.05) is 18.2 Å². The van der Waals surface area contributed by atoms with Crippen molar-refractivity contribution in [3.05, 3.63) is 95.6 Å². The van der Waals surface area contributed by atoms with Gasteiger partial charge in [-0.2, -0.15) is 24.9 Å². The molecule has 0 spiro atoms. The molecule has 0 N–H and O–H groups in total. The first-order chi connectivity index (χ1) is 20.2. The standard InChI is InChI=1S/C33H37F3O5S/c1-39-32(38)21-24-42-30(10-5-9-25-7-3-2-4-8-25)27-14-18-29(19-15-27)41-23-6-22-40-28-16-11-26(12-17-28)13-20-31(37)33(34,35)36/h2-4,7-8,11-12,14-19,30H,5-6,9-10,13,20-24H2,1H3. The third-order valence-corrected chi connectivity index (χ3v) is 7.94. The predicted molar refractivity (Wildman–Crippen MR) is 159 cm³/mol. The molecule has 3 aromatic carbocycles. The molecule has 0 saturated carbocycles. The Kier molecular flexibility index (Phi) is 13.8. The Hall–Kier alpha value is -3.46. The summed E-state index contributed by atoms with van der Waals surface area (Å²) in [5, 5.41) is 0.261. The second-order valence-electron chi connectivity index (χ2n) is 9.75. The average Bonchev–Trinajstić information content (AvgIpc) is 2.99. The van der Waals surface area contributed by atoms with Crippen molar-refractivity contribution in [3.63, 3.8) is 0 Å². The maximum Gasteiger partial charge on any atom is 0.449 e. The van der Waals surface area contributed by atoms with E-state index < -0.39 is 18.4 Å². The normalized spacial score (nSPS) is 12.0. The molecule has 9 heteroatoms. The van der Waals surface area contributed by atoms with Crippen molar-refractivity contribution in [3.8, 4) is 11.5 Å². The molecule has 0 bridgehead atoms. The van der Waals surface area contributed by atoms with Crippen molar-refractivity contribution < 1.29 is 37.0 Å². The van der Waals surface area contributed by atoms with E-state index in [2.05, 4.69) is 36.4 Å². The van der Waals surface area contributed by atoms with Gasteiger partial charge in [-0.15, -0.1) is 0 Å². The molecule has 0 aliphatic carbocycles. The van der Waals surface area contributed by atoms with Gasteiger partial charge < -0.3 is 14.2 Å². The molecule has 3 rings (SSSR count). The van der Waals surface area contributed by atoms with Crippen LogP contribution in [0.2, 0.25) is 0 Å². The first-order valence-corrected chi connectivity index (χ1v) is 15.1. The number of Topliss-reactive ketones (excluding diaryl/α,β-unsaturated/α-hetero) is 1. The molecule has 1 atom stereocenters. The zero-order valence-electron chi connectivity index (χ0n) is 23.7. The summed E-state index contributed by atoms with van der Waals surface area (Å²) in [7, 11) is 1.41. The van der Waals surface area contributed by atoms with E-state index in [-0.39, 0.29) is 17.6 Å². The molecule has 0 fully saturated rings. The van der Waals surface area contributed by atoms with Gasteiger partial charge in [0.05, 0.1) is 26.7 Å². The van der Waals surface area contributed by atoms with E-state index in [0.717, 1.165) is 25.0 Å². The summed E-state index contributed by atoms with van der Waals surface area (Å²) in [6.07, 6.45) is -1.25. The van der Waals surface area contributed by atoms with Crippen molar-refractivity contribution in [2.24, 2.45) is 0 Å². The number of hydrogen-bond donors (Lipinski definition) is 0. The number of aryl methyl sites for hydroxylation is 2. The lowest BCUT2D eigenvalue weighted by Gasteiger charge is -2.18. The number of ether oxygens (including phenoxy) is 3. The van der Waals surface area contributed by atoms with Crippen LogP contribution in [0.5, 0.6) is 11.5 Å². The third-order valence-electron chi connectivity index (χ3n) is 6.59. The van der Waals surface area contributed by atoms with Gasteiger partial charge in [0, 0.05) is 23.8 Å². The first-order valence-electron chi connectivity index (χ1n) is 14.0. The lowest BCUT2D eigenvalue weighted by atomic mass is 10.0. The minimum Gasteiger partial charge on any atom is -0.493 e. The van der Waals surface area contributed by atoms with Gasteiger partial charge in [-0.1, -0.05) is 54.6 Å². The summed E-state index contributed by atoms with van der Waals surface area (Å²) in [5.41, 5.74) is 3.16. The summed E-state index contributed by atoms with van der Waals surface area (Å²) in [5.74, 6) is 0.146. The van der Waals surface area contributed by atoms with E-state index in [1.54, 1.807) is 36.0 Å². The smallest absolute Gasteiger partial charge is 0.449 e. The molecular formula is C33H37F3O5S. The van der Waals surface area contributed by atoms with Gasteiger partial charge in [-0.05, 0) is 66.6 Å². The Morgan fingerprint density at radius 1 is 0.762 bits per heavy atom. The molecule has 226 valence electrons. The molecule has 0 aliphatic rings. The molecule has 0 heterocycles. The predicted octanol–water partition coefficient (Wildman–Crippen LogP) is 7.96. The lowest BCUT2D eigenvalue weighted by Crippen LogP contribution is -2.22. The third kappa shape index (κ3) is 12.2. The van der Waals surface area contributed by atoms with Crippen LogP contribution in [-0.4, -0.2) is 44.0 Å². The molecule has 42 heavy (non-hydrogen) atoms. The Balaban J connectivity index is 1.40. The van der Waals surface area contributed by atoms with Crippen LogP contribution in [0.15, 0.2) is 78.9 Å². The number of hydrogen-bond acceptors (Lipinski definition) is 6. The first kappa shape index (κ1) is 33.0. The van der Waals surface area contributed by atoms with Crippen LogP contribution in [0.1, 0.15) is 54.0 Å². The Morgan fingerprint density at radius 3 is 1.95 bits per heavy atom. The van der Waals surface area contributed by atoms with Crippen LogP contribution in [0.3, 0.4) is 0 Å².